The smallest absolute Gasteiger partial charge is 0.227 e. The second kappa shape index (κ2) is 7.34. The van der Waals surface area contributed by atoms with Crippen molar-refractivity contribution < 1.29 is 9.59 Å². The topological polar surface area (TPSA) is 61.4 Å². The van der Waals surface area contributed by atoms with Gasteiger partial charge in [0.15, 0.2) is 0 Å². The van der Waals surface area contributed by atoms with Crippen molar-refractivity contribution in [2.45, 2.75) is 33.1 Å². The Bertz CT molecular complexity index is 623. The SMILES string of the molecule is Cc1cccc(N2CC(C(=O)NCCC3CCNC3)CC2=O)c1C. The summed E-state index contributed by atoms with van der Waals surface area (Å²) in [6, 6.07) is 5.98. The molecule has 130 valence electrons. The monoisotopic (exact) mass is 329 g/mol. The molecule has 0 radical (unpaired) electrons. The highest BCUT2D eigenvalue weighted by Crippen LogP contribution is 2.29. The number of nitrogens with one attached hydrogen (secondary N) is 2. The molecule has 0 saturated carbocycles. The molecule has 2 saturated heterocycles. The minimum Gasteiger partial charge on any atom is -0.356 e. The molecule has 2 atom stereocenters. The average Bonchev–Trinajstić information content (AvgIpc) is 3.20. The lowest BCUT2D eigenvalue weighted by molar-refractivity contribution is -0.126. The molecule has 5 heteroatoms. The first-order valence-electron chi connectivity index (χ1n) is 8.91. The zero-order valence-electron chi connectivity index (χ0n) is 14.6. The van der Waals surface area contributed by atoms with Gasteiger partial charge in [-0.25, -0.2) is 0 Å². The molecule has 2 unspecified atom stereocenters. The Hall–Kier alpha value is -1.88. The molecular formula is C19H27N3O2. The summed E-state index contributed by atoms with van der Waals surface area (Å²) >= 11 is 0. The Labute approximate surface area is 143 Å². The number of carbonyl (C=O) groups is 2. The van der Waals surface area contributed by atoms with Crippen LogP contribution in [0.25, 0.3) is 0 Å². The Morgan fingerprint density at radius 2 is 2.21 bits per heavy atom. The largest absolute Gasteiger partial charge is 0.356 e. The van der Waals surface area contributed by atoms with Crippen molar-refractivity contribution in [3.05, 3.63) is 29.3 Å². The third kappa shape index (κ3) is 3.61. The summed E-state index contributed by atoms with van der Waals surface area (Å²) in [5.74, 6) is 0.493. The Morgan fingerprint density at radius 3 is 2.96 bits per heavy atom. The van der Waals surface area contributed by atoms with E-state index in [0.29, 0.717) is 25.4 Å². The minimum absolute atomic E-state index is 0.0158. The van der Waals surface area contributed by atoms with E-state index in [1.165, 1.54) is 12.0 Å². The van der Waals surface area contributed by atoms with E-state index in [2.05, 4.69) is 10.6 Å². The van der Waals surface area contributed by atoms with Crippen LogP contribution in [-0.2, 0) is 9.59 Å². The van der Waals surface area contributed by atoms with Crippen molar-refractivity contribution in [3.8, 4) is 0 Å². The first kappa shape index (κ1) is 17.0. The van der Waals surface area contributed by atoms with Crippen molar-refractivity contribution in [3.63, 3.8) is 0 Å². The van der Waals surface area contributed by atoms with Gasteiger partial charge in [0.1, 0.15) is 0 Å². The number of rotatable bonds is 5. The average molecular weight is 329 g/mol. The van der Waals surface area contributed by atoms with Crippen LogP contribution in [-0.4, -0.2) is 38.0 Å². The van der Waals surface area contributed by atoms with E-state index in [1.807, 2.05) is 32.0 Å². The van der Waals surface area contributed by atoms with E-state index >= 15 is 0 Å². The van der Waals surface area contributed by atoms with Gasteiger partial charge in [-0.15, -0.1) is 0 Å². The maximum absolute atomic E-state index is 12.4. The molecule has 2 fully saturated rings. The van der Waals surface area contributed by atoms with Crippen LogP contribution in [0, 0.1) is 25.7 Å². The first-order valence-corrected chi connectivity index (χ1v) is 8.91. The summed E-state index contributed by atoms with van der Waals surface area (Å²) in [5, 5.41) is 6.37. The van der Waals surface area contributed by atoms with Crippen LogP contribution < -0.4 is 15.5 Å². The van der Waals surface area contributed by atoms with Crippen LogP contribution in [0.4, 0.5) is 5.69 Å². The third-order valence-electron chi connectivity index (χ3n) is 5.38. The Morgan fingerprint density at radius 1 is 1.38 bits per heavy atom. The summed E-state index contributed by atoms with van der Waals surface area (Å²) in [5.41, 5.74) is 3.21. The van der Waals surface area contributed by atoms with Crippen molar-refractivity contribution in [2.24, 2.45) is 11.8 Å². The number of carbonyl (C=O) groups excluding carboxylic acids is 2. The van der Waals surface area contributed by atoms with Gasteiger partial charge in [0.25, 0.3) is 0 Å². The summed E-state index contributed by atoms with van der Waals surface area (Å²) in [6.45, 7) is 7.40. The van der Waals surface area contributed by atoms with E-state index in [9.17, 15) is 9.59 Å². The number of aryl methyl sites for hydroxylation is 1. The molecular weight excluding hydrogens is 302 g/mol. The minimum atomic E-state index is -0.237. The third-order valence-corrected chi connectivity index (χ3v) is 5.38. The van der Waals surface area contributed by atoms with Crippen LogP contribution in [0.2, 0.25) is 0 Å². The number of hydrogen-bond acceptors (Lipinski definition) is 3. The van der Waals surface area contributed by atoms with Gasteiger partial charge in [0.2, 0.25) is 11.8 Å². The summed E-state index contributed by atoms with van der Waals surface area (Å²) in [4.78, 5) is 26.5. The van der Waals surface area contributed by atoms with Gasteiger partial charge in [-0.2, -0.15) is 0 Å². The summed E-state index contributed by atoms with van der Waals surface area (Å²) in [6.07, 6.45) is 2.52. The van der Waals surface area contributed by atoms with Gasteiger partial charge in [-0.3, -0.25) is 9.59 Å². The molecule has 5 nitrogen and oxygen atoms in total. The van der Waals surface area contributed by atoms with Crippen molar-refractivity contribution in [1.82, 2.24) is 10.6 Å². The molecule has 3 rings (SSSR count). The summed E-state index contributed by atoms with van der Waals surface area (Å²) < 4.78 is 0. The van der Waals surface area contributed by atoms with Gasteiger partial charge in [0.05, 0.1) is 5.92 Å². The lowest BCUT2D eigenvalue weighted by Gasteiger charge is -2.20. The number of hydrogen-bond donors (Lipinski definition) is 2. The number of benzene rings is 1. The molecule has 0 aromatic heterocycles. The molecule has 2 aliphatic rings. The van der Waals surface area contributed by atoms with Crippen molar-refractivity contribution >= 4 is 17.5 Å². The zero-order valence-corrected chi connectivity index (χ0v) is 14.6. The molecule has 0 aliphatic carbocycles. The van der Waals surface area contributed by atoms with E-state index in [4.69, 9.17) is 0 Å². The quantitative estimate of drug-likeness (QED) is 0.865. The van der Waals surface area contributed by atoms with Crippen LogP contribution in [0.15, 0.2) is 18.2 Å². The molecule has 0 bridgehead atoms. The van der Waals surface area contributed by atoms with Crippen LogP contribution in [0.5, 0.6) is 0 Å². The molecule has 2 N–H and O–H groups in total. The molecule has 0 spiro atoms. The van der Waals surface area contributed by atoms with Gasteiger partial charge < -0.3 is 15.5 Å². The first-order chi connectivity index (χ1) is 11.6. The maximum atomic E-state index is 12.4. The lowest BCUT2D eigenvalue weighted by Crippen LogP contribution is -2.34. The molecule has 2 aliphatic heterocycles. The van der Waals surface area contributed by atoms with Crippen LogP contribution >= 0.6 is 0 Å². The molecule has 1 aromatic carbocycles. The molecule has 24 heavy (non-hydrogen) atoms. The van der Waals surface area contributed by atoms with Crippen molar-refractivity contribution in [2.75, 3.05) is 31.1 Å². The fraction of sp³-hybridized carbons (Fsp3) is 0.579. The zero-order chi connectivity index (χ0) is 17.1. The second-order valence-electron chi connectivity index (χ2n) is 7.06. The number of anilines is 1. The Kier molecular flexibility index (Phi) is 5.19. The number of amides is 2. The molecule has 1 aromatic rings. The lowest BCUT2D eigenvalue weighted by atomic mass is 10.0. The molecule has 2 heterocycles. The van der Waals surface area contributed by atoms with Gasteiger partial charge >= 0.3 is 0 Å². The fourth-order valence-corrected chi connectivity index (χ4v) is 3.65. The van der Waals surface area contributed by atoms with Crippen LogP contribution in [0.3, 0.4) is 0 Å². The fourth-order valence-electron chi connectivity index (χ4n) is 3.65. The van der Waals surface area contributed by atoms with E-state index in [1.54, 1.807) is 4.90 Å². The van der Waals surface area contributed by atoms with E-state index < -0.39 is 0 Å². The van der Waals surface area contributed by atoms with Crippen molar-refractivity contribution in [1.29, 1.82) is 0 Å². The van der Waals surface area contributed by atoms with E-state index in [-0.39, 0.29) is 17.7 Å². The maximum Gasteiger partial charge on any atom is 0.227 e. The van der Waals surface area contributed by atoms with Gasteiger partial charge in [-0.05, 0) is 62.9 Å². The van der Waals surface area contributed by atoms with E-state index in [0.717, 1.165) is 30.8 Å². The number of nitrogens with zero attached hydrogens (tertiary/aromatic N) is 1. The highest BCUT2D eigenvalue weighted by molar-refractivity contribution is 6.00. The standard InChI is InChI=1S/C19H27N3O2/c1-13-4-3-5-17(14(13)2)22-12-16(10-18(22)23)19(24)21-9-7-15-6-8-20-11-15/h3-5,15-16,20H,6-12H2,1-2H3,(H,21,24). The second-order valence-corrected chi connectivity index (χ2v) is 7.06. The van der Waals surface area contributed by atoms with Gasteiger partial charge in [0, 0.05) is 25.2 Å². The molecule has 2 amide bonds. The summed E-state index contributed by atoms with van der Waals surface area (Å²) in [7, 11) is 0. The predicted molar refractivity (Wildman–Crippen MR) is 95.0 cm³/mol. The predicted octanol–water partition coefficient (Wildman–Crippen LogP) is 1.77. The normalized spacial score (nSPS) is 23.8. The van der Waals surface area contributed by atoms with Gasteiger partial charge in [-0.1, -0.05) is 12.1 Å². The van der Waals surface area contributed by atoms with Crippen LogP contribution in [0.1, 0.15) is 30.4 Å². The Balaban J connectivity index is 1.55. The highest BCUT2D eigenvalue weighted by Gasteiger charge is 2.35. The highest BCUT2D eigenvalue weighted by atomic mass is 16.2.